The molecule has 0 N–H and O–H groups in total. The molecule has 0 saturated carbocycles. The molecule has 0 heterocycles. The Hall–Kier alpha value is -1.29. The lowest BCUT2D eigenvalue weighted by Crippen LogP contribution is -1.81. The molecule has 0 unspecified atom stereocenters. The minimum Gasteiger partial charge on any atom is -0.303 e. The molecule has 0 saturated heterocycles. The monoisotopic (exact) mass is 232 g/mol. The smallest absolute Gasteiger partial charge is 0.119 e. The second-order valence-corrected chi connectivity index (χ2v) is 4.11. The Labute approximate surface area is 106 Å². The SMILES string of the molecule is C=CC#C/C=C\CCCCCCCCCC=O. The summed E-state index contributed by atoms with van der Waals surface area (Å²) in [5.74, 6) is 5.67. The molecule has 0 atom stereocenters. The van der Waals surface area contributed by atoms with Crippen molar-refractivity contribution >= 4 is 6.29 Å². The van der Waals surface area contributed by atoms with E-state index in [1.807, 2.05) is 6.08 Å². The fraction of sp³-hybridized carbons (Fsp3) is 0.562. The van der Waals surface area contributed by atoms with Crippen molar-refractivity contribution in [2.24, 2.45) is 0 Å². The largest absolute Gasteiger partial charge is 0.303 e. The van der Waals surface area contributed by atoms with Gasteiger partial charge in [0, 0.05) is 6.42 Å². The first-order valence-electron chi connectivity index (χ1n) is 6.62. The fourth-order valence-corrected chi connectivity index (χ4v) is 1.62. The van der Waals surface area contributed by atoms with Crippen LogP contribution >= 0.6 is 0 Å². The van der Waals surface area contributed by atoms with Crippen LogP contribution in [0.25, 0.3) is 0 Å². The summed E-state index contributed by atoms with van der Waals surface area (Å²) in [5.41, 5.74) is 0. The first kappa shape index (κ1) is 15.7. The highest BCUT2D eigenvalue weighted by molar-refractivity contribution is 5.48. The summed E-state index contributed by atoms with van der Waals surface area (Å²) in [6.45, 7) is 3.53. The van der Waals surface area contributed by atoms with Crippen LogP contribution in [0, 0.1) is 11.8 Å². The number of rotatable bonds is 10. The first-order chi connectivity index (χ1) is 8.41. The number of carbonyl (C=O) groups is 1. The van der Waals surface area contributed by atoms with Crippen LogP contribution in [0.4, 0.5) is 0 Å². The van der Waals surface area contributed by atoms with Crippen LogP contribution in [-0.4, -0.2) is 6.29 Å². The summed E-state index contributed by atoms with van der Waals surface area (Å²) >= 11 is 0. The number of allylic oxidation sites excluding steroid dienone is 3. The molecule has 0 aliphatic heterocycles. The Morgan fingerprint density at radius 3 is 2.00 bits per heavy atom. The van der Waals surface area contributed by atoms with Crippen LogP contribution in [0.5, 0.6) is 0 Å². The summed E-state index contributed by atoms with van der Waals surface area (Å²) in [6.07, 6.45) is 17.2. The topological polar surface area (TPSA) is 17.1 Å². The van der Waals surface area contributed by atoms with Gasteiger partial charge in [-0.1, -0.05) is 56.6 Å². The zero-order valence-electron chi connectivity index (χ0n) is 10.8. The maximum Gasteiger partial charge on any atom is 0.119 e. The molecule has 0 aromatic rings. The van der Waals surface area contributed by atoms with Crippen molar-refractivity contribution in [1.82, 2.24) is 0 Å². The summed E-state index contributed by atoms with van der Waals surface area (Å²) < 4.78 is 0. The maximum absolute atomic E-state index is 10.1. The van der Waals surface area contributed by atoms with Gasteiger partial charge in [0.15, 0.2) is 0 Å². The standard InChI is InChI=1S/C16H24O/c1-2-3-4-5-6-7-8-9-10-11-12-13-14-15-16-17/h2,5-6,16H,1,7-15H2/b6-5-. The molecule has 0 rings (SSSR count). The summed E-state index contributed by atoms with van der Waals surface area (Å²) in [4.78, 5) is 10.1. The minimum atomic E-state index is 0.733. The van der Waals surface area contributed by atoms with Crippen molar-refractivity contribution in [3.63, 3.8) is 0 Å². The van der Waals surface area contributed by atoms with E-state index in [-0.39, 0.29) is 0 Å². The minimum absolute atomic E-state index is 0.733. The molecule has 0 aromatic heterocycles. The Morgan fingerprint density at radius 1 is 0.824 bits per heavy atom. The summed E-state index contributed by atoms with van der Waals surface area (Å²) in [5, 5.41) is 0. The lowest BCUT2D eigenvalue weighted by atomic mass is 10.1. The molecule has 0 aliphatic carbocycles. The number of aldehydes is 1. The van der Waals surface area contributed by atoms with Crippen LogP contribution < -0.4 is 0 Å². The fourth-order valence-electron chi connectivity index (χ4n) is 1.62. The van der Waals surface area contributed by atoms with Crippen LogP contribution in [0.2, 0.25) is 0 Å². The van der Waals surface area contributed by atoms with Gasteiger partial charge in [0.2, 0.25) is 0 Å². The Morgan fingerprint density at radius 2 is 1.41 bits per heavy atom. The Kier molecular flexibility index (Phi) is 13.6. The first-order valence-corrected chi connectivity index (χ1v) is 6.62. The van der Waals surface area contributed by atoms with Crippen molar-refractivity contribution in [2.45, 2.75) is 57.8 Å². The van der Waals surface area contributed by atoms with Gasteiger partial charge in [0.05, 0.1) is 0 Å². The molecule has 0 aliphatic rings. The highest BCUT2D eigenvalue weighted by Gasteiger charge is 1.90. The van der Waals surface area contributed by atoms with E-state index in [1.54, 1.807) is 6.08 Å². The normalized spacial score (nSPS) is 9.88. The van der Waals surface area contributed by atoms with Gasteiger partial charge in [0.1, 0.15) is 6.29 Å². The highest BCUT2D eigenvalue weighted by atomic mass is 16.1. The molecule has 0 spiro atoms. The molecule has 0 fully saturated rings. The summed E-state index contributed by atoms with van der Waals surface area (Å²) in [6, 6.07) is 0. The van der Waals surface area contributed by atoms with E-state index in [0.29, 0.717) is 0 Å². The zero-order valence-corrected chi connectivity index (χ0v) is 10.8. The van der Waals surface area contributed by atoms with Gasteiger partial charge >= 0.3 is 0 Å². The van der Waals surface area contributed by atoms with Crippen LogP contribution in [-0.2, 0) is 4.79 Å². The van der Waals surface area contributed by atoms with E-state index in [2.05, 4.69) is 24.5 Å². The van der Waals surface area contributed by atoms with E-state index in [9.17, 15) is 4.79 Å². The molecule has 0 amide bonds. The quantitative estimate of drug-likeness (QED) is 0.309. The predicted molar refractivity (Wildman–Crippen MR) is 74.7 cm³/mol. The third-order valence-corrected chi connectivity index (χ3v) is 2.58. The third kappa shape index (κ3) is 14.7. The van der Waals surface area contributed by atoms with Gasteiger partial charge in [0.25, 0.3) is 0 Å². The van der Waals surface area contributed by atoms with Crippen molar-refractivity contribution in [3.05, 3.63) is 24.8 Å². The van der Waals surface area contributed by atoms with Crippen molar-refractivity contribution in [1.29, 1.82) is 0 Å². The molecule has 94 valence electrons. The highest BCUT2D eigenvalue weighted by Crippen LogP contribution is 2.09. The molecule has 0 bridgehead atoms. The van der Waals surface area contributed by atoms with Crippen molar-refractivity contribution in [3.8, 4) is 11.8 Å². The third-order valence-electron chi connectivity index (χ3n) is 2.58. The average Bonchev–Trinajstić information content (AvgIpc) is 2.35. The van der Waals surface area contributed by atoms with E-state index < -0.39 is 0 Å². The Balaban J connectivity index is 3.10. The molecule has 0 radical (unpaired) electrons. The molecule has 17 heavy (non-hydrogen) atoms. The second kappa shape index (κ2) is 14.7. The van der Waals surface area contributed by atoms with E-state index in [0.717, 1.165) is 25.5 Å². The van der Waals surface area contributed by atoms with Gasteiger partial charge in [-0.25, -0.2) is 0 Å². The van der Waals surface area contributed by atoms with Crippen LogP contribution in [0.3, 0.4) is 0 Å². The van der Waals surface area contributed by atoms with Crippen molar-refractivity contribution in [2.75, 3.05) is 0 Å². The van der Waals surface area contributed by atoms with Gasteiger partial charge in [-0.2, -0.15) is 0 Å². The number of hydrogen-bond donors (Lipinski definition) is 0. The van der Waals surface area contributed by atoms with Gasteiger partial charge in [-0.3, -0.25) is 0 Å². The second-order valence-electron chi connectivity index (χ2n) is 4.11. The van der Waals surface area contributed by atoms with Crippen molar-refractivity contribution < 1.29 is 4.79 Å². The number of hydrogen-bond acceptors (Lipinski definition) is 1. The molecular formula is C16H24O. The van der Waals surface area contributed by atoms with Gasteiger partial charge in [-0.05, 0) is 31.4 Å². The molecule has 1 nitrogen and oxygen atoms in total. The molecule has 0 aromatic carbocycles. The van der Waals surface area contributed by atoms with E-state index >= 15 is 0 Å². The number of unbranched alkanes of at least 4 members (excludes halogenated alkanes) is 8. The molecular weight excluding hydrogens is 208 g/mol. The lowest BCUT2D eigenvalue weighted by molar-refractivity contribution is -0.107. The zero-order chi connectivity index (χ0) is 12.6. The predicted octanol–water partition coefficient (Wildman–Crippen LogP) is 4.44. The van der Waals surface area contributed by atoms with Gasteiger partial charge < -0.3 is 4.79 Å². The number of carbonyl (C=O) groups excluding carboxylic acids is 1. The molecule has 1 heteroatoms. The lowest BCUT2D eigenvalue weighted by Gasteiger charge is -1.99. The maximum atomic E-state index is 10.1. The van der Waals surface area contributed by atoms with Crippen LogP contribution in [0.15, 0.2) is 24.8 Å². The van der Waals surface area contributed by atoms with Crippen LogP contribution in [0.1, 0.15) is 57.8 Å². The Bertz CT molecular complexity index is 265. The van der Waals surface area contributed by atoms with Gasteiger partial charge in [-0.15, -0.1) is 0 Å². The van der Waals surface area contributed by atoms with E-state index in [1.165, 1.54) is 38.5 Å². The summed E-state index contributed by atoms with van der Waals surface area (Å²) in [7, 11) is 0. The average molecular weight is 232 g/mol. The van der Waals surface area contributed by atoms with E-state index in [4.69, 9.17) is 0 Å².